The van der Waals surface area contributed by atoms with Gasteiger partial charge in [0, 0.05) is 26.1 Å². The molecule has 0 aromatic carbocycles. The lowest BCUT2D eigenvalue weighted by Gasteiger charge is -2.23. The zero-order valence-electron chi connectivity index (χ0n) is 10.8. The number of halogens is 2. The summed E-state index contributed by atoms with van der Waals surface area (Å²) in [5, 5.41) is 3.21. The molecule has 18 heavy (non-hydrogen) atoms. The van der Waals surface area contributed by atoms with Crippen LogP contribution in [0.5, 0.6) is 0 Å². The van der Waals surface area contributed by atoms with Gasteiger partial charge < -0.3 is 24.3 Å². The smallest absolute Gasteiger partial charge is 0.186 e. The fraction of sp³-hybridized carbons (Fsp3) is 1.00. The van der Waals surface area contributed by atoms with Gasteiger partial charge >= 0.3 is 0 Å². The van der Waals surface area contributed by atoms with Gasteiger partial charge in [0.25, 0.3) is 0 Å². The van der Waals surface area contributed by atoms with Crippen molar-refractivity contribution in [2.24, 2.45) is 0 Å². The molecule has 2 fully saturated rings. The first-order chi connectivity index (χ1) is 8.07. The second-order valence-electron chi connectivity index (χ2n) is 4.74. The van der Waals surface area contributed by atoms with Crippen LogP contribution < -0.4 is 5.32 Å². The first kappa shape index (κ1) is 16.4. The zero-order chi connectivity index (χ0) is 12.5. The summed E-state index contributed by atoms with van der Waals surface area (Å²) in [6.45, 7) is 5.25. The van der Waals surface area contributed by atoms with Crippen LogP contribution in [0.4, 0.5) is 0 Å². The van der Waals surface area contributed by atoms with E-state index in [0.717, 1.165) is 6.54 Å². The minimum absolute atomic E-state index is 0. The maximum Gasteiger partial charge on any atom is 0.186 e. The Morgan fingerprint density at radius 1 is 1.28 bits per heavy atom. The second kappa shape index (κ2) is 6.70. The van der Waals surface area contributed by atoms with Gasteiger partial charge in [-0.05, 0) is 13.8 Å². The van der Waals surface area contributed by atoms with Crippen LogP contribution in [0.2, 0.25) is 0 Å². The van der Waals surface area contributed by atoms with Crippen molar-refractivity contribution in [3.8, 4) is 0 Å². The number of ether oxygens (including phenoxy) is 4. The Morgan fingerprint density at radius 3 is 2.56 bits per heavy atom. The number of fused-ring (bicyclic) bond motifs is 1. The van der Waals surface area contributed by atoms with E-state index in [1.54, 1.807) is 7.11 Å². The average molecular weight is 302 g/mol. The molecule has 2 heterocycles. The molecule has 108 valence electrons. The van der Waals surface area contributed by atoms with E-state index in [1.165, 1.54) is 0 Å². The normalized spacial score (nSPS) is 37.3. The summed E-state index contributed by atoms with van der Waals surface area (Å²) in [6.07, 6.45) is -0.657. The van der Waals surface area contributed by atoms with E-state index in [-0.39, 0.29) is 37.0 Å². The first-order valence-electron chi connectivity index (χ1n) is 5.88. The number of nitrogens with one attached hydrogen (secondary N) is 1. The van der Waals surface area contributed by atoms with Crippen molar-refractivity contribution in [1.29, 1.82) is 0 Å². The predicted octanol–water partition coefficient (Wildman–Crippen LogP) is 1.13. The van der Waals surface area contributed by atoms with Gasteiger partial charge in [-0.15, -0.1) is 24.0 Å². The molecule has 0 amide bonds. The Hall–Kier alpha value is 0.380. The van der Waals surface area contributed by atoms with Gasteiger partial charge in [0.15, 0.2) is 12.1 Å². The van der Waals surface area contributed by atoms with E-state index >= 15 is 0 Å². The molecule has 4 unspecified atom stereocenters. The highest BCUT2D eigenvalue weighted by Crippen LogP contribution is 2.38. The highest BCUT2D eigenvalue weighted by Gasteiger charge is 2.55. The largest absolute Gasteiger partial charge is 0.353 e. The third kappa shape index (κ3) is 3.48. The Kier molecular flexibility index (Phi) is 6.12. The molecule has 2 aliphatic rings. The molecule has 2 saturated heterocycles. The number of hydrogen-bond acceptors (Lipinski definition) is 5. The molecule has 0 aliphatic carbocycles. The van der Waals surface area contributed by atoms with Crippen LogP contribution in [-0.2, 0) is 18.9 Å². The van der Waals surface area contributed by atoms with Gasteiger partial charge in [-0.1, -0.05) is 0 Å². The summed E-state index contributed by atoms with van der Waals surface area (Å²) < 4.78 is 22.6. The van der Waals surface area contributed by atoms with Crippen molar-refractivity contribution >= 4 is 24.0 Å². The number of hydrogen-bond donors (Lipinski definition) is 1. The van der Waals surface area contributed by atoms with Gasteiger partial charge in [0.1, 0.15) is 18.3 Å². The number of alkyl halides is 1. The molecule has 0 aromatic heterocycles. The van der Waals surface area contributed by atoms with Crippen molar-refractivity contribution in [2.45, 2.75) is 44.2 Å². The van der Waals surface area contributed by atoms with Crippen LogP contribution in [-0.4, -0.2) is 56.5 Å². The van der Waals surface area contributed by atoms with E-state index in [9.17, 15) is 0 Å². The molecule has 2 rings (SSSR count). The molecule has 2 aliphatic heterocycles. The molecule has 0 spiro atoms. The highest BCUT2D eigenvalue weighted by atomic mass is 35.5. The maximum atomic E-state index is 5.85. The summed E-state index contributed by atoms with van der Waals surface area (Å²) in [4.78, 5) is 0. The zero-order valence-corrected chi connectivity index (χ0v) is 12.4. The van der Waals surface area contributed by atoms with Gasteiger partial charge in [-0.3, -0.25) is 0 Å². The van der Waals surface area contributed by atoms with Crippen LogP contribution in [0.25, 0.3) is 0 Å². The summed E-state index contributed by atoms with van der Waals surface area (Å²) >= 11 is 5.62. The van der Waals surface area contributed by atoms with E-state index in [2.05, 4.69) is 5.32 Å². The lowest BCUT2D eigenvalue weighted by molar-refractivity contribution is -0.226. The van der Waals surface area contributed by atoms with Crippen molar-refractivity contribution in [3.63, 3.8) is 0 Å². The van der Waals surface area contributed by atoms with Crippen LogP contribution in [0.15, 0.2) is 0 Å². The number of methoxy groups -OCH3 is 1. The molecule has 7 heteroatoms. The van der Waals surface area contributed by atoms with Crippen molar-refractivity contribution in [2.75, 3.05) is 26.1 Å². The Morgan fingerprint density at radius 2 is 1.94 bits per heavy atom. The van der Waals surface area contributed by atoms with Gasteiger partial charge in [-0.2, -0.15) is 0 Å². The number of rotatable bonds is 5. The summed E-state index contributed by atoms with van der Waals surface area (Å²) in [5.74, 6) is 0.0119. The summed E-state index contributed by atoms with van der Waals surface area (Å²) in [7, 11) is 1.62. The predicted molar refractivity (Wildman–Crippen MR) is 70.3 cm³/mol. The maximum absolute atomic E-state index is 5.85. The van der Waals surface area contributed by atoms with Gasteiger partial charge in [0.2, 0.25) is 0 Å². The minimum Gasteiger partial charge on any atom is -0.353 e. The Balaban J connectivity index is 0.00000162. The van der Waals surface area contributed by atoms with Gasteiger partial charge in [0.05, 0.1) is 0 Å². The summed E-state index contributed by atoms with van der Waals surface area (Å²) in [6, 6.07) is 0. The lowest BCUT2D eigenvalue weighted by Crippen LogP contribution is -2.38. The molecular weight excluding hydrogens is 281 g/mol. The van der Waals surface area contributed by atoms with E-state index in [4.69, 9.17) is 30.5 Å². The quantitative estimate of drug-likeness (QED) is 0.609. The fourth-order valence-corrected chi connectivity index (χ4v) is 2.44. The monoisotopic (exact) mass is 301 g/mol. The van der Waals surface area contributed by atoms with Crippen molar-refractivity contribution in [3.05, 3.63) is 0 Å². The van der Waals surface area contributed by atoms with Crippen LogP contribution >= 0.6 is 24.0 Å². The molecule has 0 bridgehead atoms. The third-order valence-electron chi connectivity index (χ3n) is 2.96. The minimum atomic E-state index is -0.569. The van der Waals surface area contributed by atoms with Crippen LogP contribution in [0, 0.1) is 0 Å². The molecular formula is C11H21Cl2NO4. The second-order valence-corrected chi connectivity index (χ2v) is 5.11. The SMILES string of the molecule is COC1OC(CNCCCl)C2OC(C)(C)OC12.Cl. The topological polar surface area (TPSA) is 49.0 Å². The highest BCUT2D eigenvalue weighted by molar-refractivity contribution is 6.18. The van der Waals surface area contributed by atoms with Crippen LogP contribution in [0.3, 0.4) is 0 Å². The fourth-order valence-electron chi connectivity index (χ4n) is 2.31. The standard InChI is InChI=1S/C11H20ClNO4.ClH/c1-11(2)16-8-7(6-13-5-4-12)15-10(14-3)9(8)17-11;/h7-10,13H,4-6H2,1-3H3;1H. The van der Waals surface area contributed by atoms with E-state index in [0.29, 0.717) is 12.4 Å². The Bertz CT molecular complexity index is 267. The molecule has 0 radical (unpaired) electrons. The lowest BCUT2D eigenvalue weighted by atomic mass is 10.1. The van der Waals surface area contributed by atoms with Crippen molar-refractivity contribution < 1.29 is 18.9 Å². The van der Waals surface area contributed by atoms with Crippen LogP contribution in [0.1, 0.15) is 13.8 Å². The molecule has 0 saturated carbocycles. The Labute approximate surface area is 119 Å². The summed E-state index contributed by atoms with van der Waals surface area (Å²) in [5.41, 5.74) is 0. The van der Waals surface area contributed by atoms with Crippen molar-refractivity contribution in [1.82, 2.24) is 5.32 Å². The first-order valence-corrected chi connectivity index (χ1v) is 6.41. The van der Waals surface area contributed by atoms with E-state index in [1.807, 2.05) is 13.8 Å². The average Bonchev–Trinajstić information content (AvgIpc) is 2.73. The third-order valence-corrected chi connectivity index (χ3v) is 3.15. The molecule has 4 atom stereocenters. The van der Waals surface area contributed by atoms with Gasteiger partial charge in [-0.25, -0.2) is 0 Å². The molecule has 0 aromatic rings. The molecule has 5 nitrogen and oxygen atoms in total. The van der Waals surface area contributed by atoms with E-state index < -0.39 is 5.79 Å². The molecule has 1 N–H and O–H groups in total.